The average Bonchev–Trinajstić information content (AvgIpc) is 3.11. The van der Waals surface area contributed by atoms with Gasteiger partial charge in [-0.25, -0.2) is 9.67 Å². The van der Waals surface area contributed by atoms with Crippen LogP contribution in [0.15, 0.2) is 6.33 Å². The van der Waals surface area contributed by atoms with E-state index in [9.17, 15) is 4.79 Å². The summed E-state index contributed by atoms with van der Waals surface area (Å²) in [5.74, 6) is 1.88. The van der Waals surface area contributed by atoms with E-state index < -0.39 is 0 Å². The number of fused-ring (bicyclic) bond motifs is 1. The van der Waals surface area contributed by atoms with Crippen LogP contribution < -0.4 is 5.32 Å². The van der Waals surface area contributed by atoms with Gasteiger partial charge < -0.3 is 5.32 Å². The van der Waals surface area contributed by atoms with Crippen LogP contribution in [0, 0.1) is 11.8 Å². The Hall–Kier alpha value is -1.43. The molecule has 6 nitrogen and oxygen atoms in total. The molecule has 0 spiro atoms. The molecule has 1 atom stereocenters. The first-order chi connectivity index (χ1) is 9.61. The fourth-order valence-electron chi connectivity index (χ4n) is 2.78. The molecule has 1 aromatic rings. The van der Waals surface area contributed by atoms with E-state index in [4.69, 9.17) is 0 Å². The smallest absolute Gasteiger partial charge is 0.226 e. The molecule has 1 N–H and O–H groups in total. The first kappa shape index (κ1) is 13.5. The van der Waals surface area contributed by atoms with Crippen LogP contribution in [0.25, 0.3) is 0 Å². The van der Waals surface area contributed by atoms with E-state index in [2.05, 4.69) is 20.3 Å². The zero-order valence-electron chi connectivity index (χ0n) is 12.2. The Morgan fingerprint density at radius 2 is 2.25 bits per heavy atom. The lowest BCUT2D eigenvalue weighted by Crippen LogP contribution is -2.42. The van der Waals surface area contributed by atoms with Crippen molar-refractivity contribution in [3.8, 4) is 0 Å². The molecule has 110 valence electrons. The Bertz CT molecular complexity index is 480. The fourth-order valence-corrected chi connectivity index (χ4v) is 2.78. The molecule has 1 amide bonds. The molecule has 1 aromatic heterocycles. The van der Waals surface area contributed by atoms with Crippen molar-refractivity contribution in [1.82, 2.24) is 25.0 Å². The van der Waals surface area contributed by atoms with Gasteiger partial charge in [-0.15, -0.1) is 0 Å². The van der Waals surface area contributed by atoms with E-state index in [1.165, 1.54) is 12.8 Å². The Kier molecular flexibility index (Phi) is 3.74. The Morgan fingerprint density at radius 3 is 2.95 bits per heavy atom. The summed E-state index contributed by atoms with van der Waals surface area (Å²) in [5, 5.41) is 7.28. The average molecular weight is 277 g/mol. The molecule has 1 aliphatic carbocycles. The number of amides is 1. The Labute approximate surface area is 119 Å². The lowest BCUT2D eigenvalue weighted by molar-refractivity contribution is -0.126. The summed E-state index contributed by atoms with van der Waals surface area (Å²) < 4.78 is 1.89. The summed E-state index contributed by atoms with van der Waals surface area (Å²) in [7, 11) is 0. The van der Waals surface area contributed by atoms with Crippen molar-refractivity contribution < 1.29 is 4.79 Å². The normalized spacial score (nSPS) is 23.4. The van der Waals surface area contributed by atoms with E-state index >= 15 is 0 Å². The summed E-state index contributed by atoms with van der Waals surface area (Å²) in [5.41, 5.74) is 0. The quantitative estimate of drug-likeness (QED) is 0.877. The number of nitrogens with one attached hydrogen (secondary N) is 1. The van der Waals surface area contributed by atoms with Crippen LogP contribution in [0.1, 0.15) is 32.5 Å². The van der Waals surface area contributed by atoms with Crippen molar-refractivity contribution in [2.75, 3.05) is 13.1 Å². The molecule has 2 heterocycles. The SMILES string of the molecule is CC(C)NC(=O)C1CN(CC2CC2)Cc2ncnn2C1. The van der Waals surface area contributed by atoms with Crippen LogP contribution in [-0.4, -0.2) is 44.7 Å². The van der Waals surface area contributed by atoms with Gasteiger partial charge in [0.2, 0.25) is 5.91 Å². The first-order valence-corrected chi connectivity index (χ1v) is 7.51. The van der Waals surface area contributed by atoms with E-state index in [0.717, 1.165) is 31.4 Å². The number of carbonyl (C=O) groups is 1. The monoisotopic (exact) mass is 277 g/mol. The number of aromatic nitrogens is 3. The van der Waals surface area contributed by atoms with Crippen LogP contribution in [0.3, 0.4) is 0 Å². The molecule has 20 heavy (non-hydrogen) atoms. The molecule has 3 rings (SSSR count). The number of carbonyl (C=O) groups excluding carboxylic acids is 1. The maximum atomic E-state index is 12.3. The largest absolute Gasteiger partial charge is 0.354 e. The van der Waals surface area contributed by atoms with Gasteiger partial charge in [0.15, 0.2) is 0 Å². The van der Waals surface area contributed by atoms with Gasteiger partial charge in [0.05, 0.1) is 19.0 Å². The third kappa shape index (κ3) is 3.17. The Balaban J connectivity index is 1.74. The molecule has 2 aliphatic rings. The van der Waals surface area contributed by atoms with Crippen molar-refractivity contribution in [3.63, 3.8) is 0 Å². The van der Waals surface area contributed by atoms with Crippen molar-refractivity contribution in [2.24, 2.45) is 11.8 Å². The second-order valence-electron chi connectivity index (χ2n) is 6.36. The third-order valence-corrected chi connectivity index (χ3v) is 3.95. The summed E-state index contributed by atoms with van der Waals surface area (Å²) >= 11 is 0. The molecular formula is C14H23N5O. The minimum atomic E-state index is -0.0425. The predicted octanol–water partition coefficient (Wildman–Crippen LogP) is 0.644. The Morgan fingerprint density at radius 1 is 1.45 bits per heavy atom. The molecule has 1 aliphatic heterocycles. The highest BCUT2D eigenvalue weighted by molar-refractivity contribution is 5.79. The lowest BCUT2D eigenvalue weighted by Gasteiger charge is -2.23. The number of hydrogen-bond donors (Lipinski definition) is 1. The van der Waals surface area contributed by atoms with E-state index in [0.29, 0.717) is 6.54 Å². The summed E-state index contributed by atoms with van der Waals surface area (Å²) in [6, 6.07) is 0.179. The zero-order chi connectivity index (χ0) is 14.1. The minimum Gasteiger partial charge on any atom is -0.354 e. The molecule has 1 unspecified atom stereocenters. The molecule has 0 saturated heterocycles. The molecule has 0 bridgehead atoms. The van der Waals surface area contributed by atoms with E-state index in [1.54, 1.807) is 6.33 Å². The molecular weight excluding hydrogens is 254 g/mol. The molecule has 0 radical (unpaired) electrons. The van der Waals surface area contributed by atoms with Gasteiger partial charge in [-0.05, 0) is 32.6 Å². The highest BCUT2D eigenvalue weighted by Gasteiger charge is 2.31. The van der Waals surface area contributed by atoms with Crippen molar-refractivity contribution in [1.29, 1.82) is 0 Å². The van der Waals surface area contributed by atoms with Gasteiger partial charge in [-0.2, -0.15) is 5.10 Å². The fraction of sp³-hybridized carbons (Fsp3) is 0.786. The van der Waals surface area contributed by atoms with Gasteiger partial charge >= 0.3 is 0 Å². The standard InChI is InChI=1S/C14H23N5O/c1-10(2)17-14(20)12-6-18(5-11-3-4-11)8-13-15-9-16-19(13)7-12/h9-12H,3-8H2,1-2H3,(H,17,20). The summed E-state index contributed by atoms with van der Waals surface area (Å²) in [6.45, 7) is 7.32. The van der Waals surface area contributed by atoms with Crippen molar-refractivity contribution >= 4 is 5.91 Å². The van der Waals surface area contributed by atoms with Crippen LogP contribution in [0.4, 0.5) is 0 Å². The van der Waals surface area contributed by atoms with Crippen molar-refractivity contribution in [3.05, 3.63) is 12.2 Å². The molecule has 1 fully saturated rings. The van der Waals surface area contributed by atoms with Gasteiger partial charge in [0.25, 0.3) is 0 Å². The number of rotatable bonds is 4. The van der Waals surface area contributed by atoms with Gasteiger partial charge in [-0.1, -0.05) is 0 Å². The lowest BCUT2D eigenvalue weighted by atomic mass is 10.1. The van der Waals surface area contributed by atoms with Crippen LogP contribution >= 0.6 is 0 Å². The van der Waals surface area contributed by atoms with Gasteiger partial charge in [0.1, 0.15) is 12.2 Å². The maximum Gasteiger partial charge on any atom is 0.226 e. The minimum absolute atomic E-state index is 0.0425. The van der Waals surface area contributed by atoms with Gasteiger partial charge in [-0.3, -0.25) is 9.69 Å². The second kappa shape index (κ2) is 5.52. The summed E-state index contributed by atoms with van der Waals surface area (Å²) in [6.07, 6.45) is 4.24. The molecule has 1 saturated carbocycles. The van der Waals surface area contributed by atoms with Crippen LogP contribution in [0.2, 0.25) is 0 Å². The number of hydrogen-bond acceptors (Lipinski definition) is 4. The third-order valence-electron chi connectivity index (χ3n) is 3.95. The van der Waals surface area contributed by atoms with E-state index in [1.807, 2.05) is 18.5 Å². The predicted molar refractivity (Wildman–Crippen MR) is 74.8 cm³/mol. The second-order valence-corrected chi connectivity index (χ2v) is 6.36. The van der Waals surface area contributed by atoms with E-state index in [-0.39, 0.29) is 17.9 Å². The first-order valence-electron chi connectivity index (χ1n) is 7.51. The maximum absolute atomic E-state index is 12.3. The zero-order valence-corrected chi connectivity index (χ0v) is 12.2. The summed E-state index contributed by atoms with van der Waals surface area (Å²) in [4.78, 5) is 19.0. The topological polar surface area (TPSA) is 63.1 Å². The molecule has 6 heteroatoms. The molecule has 0 aromatic carbocycles. The van der Waals surface area contributed by atoms with Crippen LogP contribution in [-0.2, 0) is 17.9 Å². The number of nitrogens with zero attached hydrogens (tertiary/aromatic N) is 4. The highest BCUT2D eigenvalue weighted by Crippen LogP contribution is 2.31. The highest BCUT2D eigenvalue weighted by atomic mass is 16.2. The van der Waals surface area contributed by atoms with Gasteiger partial charge in [0, 0.05) is 19.1 Å². The van der Waals surface area contributed by atoms with Crippen LogP contribution in [0.5, 0.6) is 0 Å². The van der Waals surface area contributed by atoms with Crippen molar-refractivity contribution in [2.45, 2.75) is 45.8 Å².